The number of amides is 2. The first kappa shape index (κ1) is 29.2. The van der Waals surface area contributed by atoms with Crippen molar-refractivity contribution >= 4 is 17.5 Å². The van der Waals surface area contributed by atoms with Gasteiger partial charge in [-0.1, -0.05) is 36.4 Å². The summed E-state index contributed by atoms with van der Waals surface area (Å²) in [6.45, 7) is 4.85. The van der Waals surface area contributed by atoms with Crippen molar-refractivity contribution < 1.29 is 19.1 Å². The number of hydrogen-bond acceptors (Lipinski definition) is 5. The van der Waals surface area contributed by atoms with Crippen molar-refractivity contribution in [2.75, 3.05) is 45.3 Å². The summed E-state index contributed by atoms with van der Waals surface area (Å²) in [5.74, 6) is 1.28. The predicted octanol–water partition coefficient (Wildman–Crippen LogP) is 6.08. The average Bonchev–Trinajstić information content (AvgIpc) is 3.74. The molecule has 2 saturated heterocycles. The number of rotatable bonds is 6. The Morgan fingerprint density at radius 2 is 1.42 bits per heavy atom. The number of hydrogen-bond donors (Lipinski definition) is 0. The number of fused-ring (bicyclic) bond motifs is 2. The summed E-state index contributed by atoms with van der Waals surface area (Å²) in [4.78, 5) is 34.6. The molecule has 1 aromatic heterocycles. The molecule has 4 heterocycles. The number of carbonyl (C=O) groups excluding carboxylic acids is 2. The van der Waals surface area contributed by atoms with Gasteiger partial charge in [0, 0.05) is 47.2 Å². The second-order valence-corrected chi connectivity index (χ2v) is 12.2. The molecule has 45 heavy (non-hydrogen) atoms. The van der Waals surface area contributed by atoms with Crippen LogP contribution in [0.25, 0.3) is 11.1 Å². The SMILES string of the molecule is COc1ccccc1-c1ccc(C(=O)N2Cc3ccc(C(=O)N4CCC(N5CCCC5)CC4)n3Cc3ccccc32)cc1OC. The Balaban J connectivity index is 1.16. The fourth-order valence-electron chi connectivity index (χ4n) is 7.30. The largest absolute Gasteiger partial charge is 0.496 e. The van der Waals surface area contributed by atoms with Crippen molar-refractivity contribution in [3.05, 3.63) is 101 Å². The molecule has 0 radical (unpaired) electrons. The smallest absolute Gasteiger partial charge is 0.270 e. The molecule has 4 aromatic rings. The van der Waals surface area contributed by atoms with E-state index in [4.69, 9.17) is 9.47 Å². The second kappa shape index (κ2) is 12.4. The zero-order valence-electron chi connectivity index (χ0n) is 26.1. The first-order valence-electron chi connectivity index (χ1n) is 16.0. The molecule has 0 spiro atoms. The van der Waals surface area contributed by atoms with Gasteiger partial charge in [-0.3, -0.25) is 9.59 Å². The number of piperidine rings is 1. The van der Waals surface area contributed by atoms with Gasteiger partial charge in [0.15, 0.2) is 0 Å². The average molecular weight is 605 g/mol. The number of carbonyl (C=O) groups is 2. The van der Waals surface area contributed by atoms with Crippen LogP contribution in [0.5, 0.6) is 11.5 Å². The first-order chi connectivity index (χ1) is 22.1. The van der Waals surface area contributed by atoms with Crippen LogP contribution in [0.1, 0.15) is 57.8 Å². The summed E-state index contributed by atoms with van der Waals surface area (Å²) in [6.07, 6.45) is 4.64. The summed E-state index contributed by atoms with van der Waals surface area (Å²) in [5, 5.41) is 0. The fourth-order valence-corrected chi connectivity index (χ4v) is 7.30. The van der Waals surface area contributed by atoms with Crippen molar-refractivity contribution in [2.24, 2.45) is 0 Å². The highest BCUT2D eigenvalue weighted by atomic mass is 16.5. The van der Waals surface area contributed by atoms with Crippen LogP contribution in [-0.2, 0) is 13.1 Å². The highest BCUT2D eigenvalue weighted by Gasteiger charge is 2.32. The maximum Gasteiger partial charge on any atom is 0.270 e. The van der Waals surface area contributed by atoms with Crippen LogP contribution >= 0.6 is 0 Å². The Morgan fingerprint density at radius 3 is 2.20 bits per heavy atom. The lowest BCUT2D eigenvalue weighted by atomic mass is 10.0. The third-order valence-corrected chi connectivity index (χ3v) is 9.72. The number of para-hydroxylation sites is 2. The van der Waals surface area contributed by atoms with Gasteiger partial charge in [0.1, 0.15) is 17.2 Å². The van der Waals surface area contributed by atoms with Gasteiger partial charge in [-0.05, 0) is 86.8 Å². The van der Waals surface area contributed by atoms with Crippen LogP contribution in [0.15, 0.2) is 78.9 Å². The quantitative estimate of drug-likeness (QED) is 0.267. The molecule has 2 amide bonds. The van der Waals surface area contributed by atoms with E-state index >= 15 is 0 Å². The molecule has 0 unspecified atom stereocenters. The number of benzene rings is 3. The molecule has 3 aromatic carbocycles. The third-order valence-electron chi connectivity index (χ3n) is 9.72. The van der Waals surface area contributed by atoms with Crippen LogP contribution in [0, 0.1) is 0 Å². The molecule has 0 atom stereocenters. The van der Waals surface area contributed by atoms with Gasteiger partial charge in [0.05, 0.1) is 27.3 Å². The Kier molecular flexibility index (Phi) is 8.06. The van der Waals surface area contributed by atoms with Gasteiger partial charge < -0.3 is 28.7 Å². The molecular weight excluding hydrogens is 564 g/mol. The zero-order valence-corrected chi connectivity index (χ0v) is 26.1. The van der Waals surface area contributed by atoms with Crippen molar-refractivity contribution in [3.8, 4) is 22.6 Å². The van der Waals surface area contributed by atoms with Crippen LogP contribution < -0.4 is 14.4 Å². The summed E-state index contributed by atoms with van der Waals surface area (Å²) in [7, 11) is 3.26. The van der Waals surface area contributed by atoms with Gasteiger partial charge in [-0.25, -0.2) is 0 Å². The Morgan fingerprint density at radius 1 is 0.711 bits per heavy atom. The molecule has 0 aliphatic carbocycles. The molecule has 0 saturated carbocycles. The number of nitrogens with zero attached hydrogens (tertiary/aromatic N) is 4. The van der Waals surface area contributed by atoms with E-state index < -0.39 is 0 Å². The minimum atomic E-state index is -0.126. The standard InChI is InChI=1S/C37H40N4O4/c1-44-34-12-6-4-10-30(34)31-15-13-26(23-35(31)45-2)36(42)41-25-29-14-16-33(40(29)24-27-9-3-5-11-32(27)41)37(43)39-21-17-28(18-22-39)38-19-7-8-20-38/h3-6,9-16,23,28H,7-8,17-22,24-25H2,1-2H3. The minimum absolute atomic E-state index is 0.0787. The topological polar surface area (TPSA) is 67.2 Å². The van der Waals surface area contributed by atoms with E-state index in [1.807, 2.05) is 82.6 Å². The van der Waals surface area contributed by atoms with Gasteiger partial charge in [0.25, 0.3) is 11.8 Å². The number of ether oxygens (including phenoxy) is 2. The number of aromatic nitrogens is 1. The Labute approximate surface area is 264 Å². The maximum absolute atomic E-state index is 14.2. The lowest BCUT2D eigenvalue weighted by molar-refractivity contribution is 0.0634. The monoisotopic (exact) mass is 604 g/mol. The fraction of sp³-hybridized carbons (Fsp3) is 0.351. The van der Waals surface area contributed by atoms with Crippen molar-refractivity contribution in [1.82, 2.24) is 14.4 Å². The molecule has 0 N–H and O–H groups in total. The van der Waals surface area contributed by atoms with Crippen molar-refractivity contribution in [3.63, 3.8) is 0 Å². The molecule has 3 aliphatic rings. The van der Waals surface area contributed by atoms with Crippen molar-refractivity contribution in [2.45, 2.75) is 44.8 Å². The second-order valence-electron chi connectivity index (χ2n) is 12.2. The molecular formula is C37H40N4O4. The molecule has 8 nitrogen and oxygen atoms in total. The van der Waals surface area contributed by atoms with E-state index in [2.05, 4.69) is 9.47 Å². The zero-order chi connectivity index (χ0) is 30.9. The summed E-state index contributed by atoms with van der Waals surface area (Å²) < 4.78 is 13.5. The normalized spacial score (nSPS) is 17.0. The molecule has 7 rings (SSSR count). The predicted molar refractivity (Wildman–Crippen MR) is 175 cm³/mol. The molecule has 2 fully saturated rings. The summed E-state index contributed by atoms with van der Waals surface area (Å²) >= 11 is 0. The van der Waals surface area contributed by atoms with Crippen LogP contribution in [0.4, 0.5) is 5.69 Å². The van der Waals surface area contributed by atoms with Crippen LogP contribution in [0.3, 0.4) is 0 Å². The highest BCUT2D eigenvalue weighted by Crippen LogP contribution is 2.38. The number of likely N-dealkylation sites (tertiary alicyclic amines) is 2. The van der Waals surface area contributed by atoms with E-state index in [9.17, 15) is 9.59 Å². The number of anilines is 1. The van der Waals surface area contributed by atoms with Gasteiger partial charge in [0.2, 0.25) is 0 Å². The van der Waals surface area contributed by atoms with E-state index in [1.54, 1.807) is 20.3 Å². The first-order valence-corrected chi connectivity index (χ1v) is 16.0. The number of methoxy groups -OCH3 is 2. The summed E-state index contributed by atoms with van der Waals surface area (Å²) in [6, 6.07) is 25.9. The van der Waals surface area contributed by atoms with Crippen LogP contribution in [-0.4, -0.2) is 72.6 Å². The molecule has 8 heteroatoms. The maximum atomic E-state index is 14.2. The highest BCUT2D eigenvalue weighted by molar-refractivity contribution is 6.07. The van der Waals surface area contributed by atoms with Gasteiger partial charge in [-0.2, -0.15) is 0 Å². The lowest BCUT2D eigenvalue weighted by Gasteiger charge is -2.36. The lowest BCUT2D eigenvalue weighted by Crippen LogP contribution is -2.46. The van der Waals surface area contributed by atoms with Crippen molar-refractivity contribution in [1.29, 1.82) is 0 Å². The molecule has 3 aliphatic heterocycles. The van der Waals surface area contributed by atoms with E-state index in [0.29, 0.717) is 36.1 Å². The van der Waals surface area contributed by atoms with Gasteiger partial charge >= 0.3 is 0 Å². The third kappa shape index (κ3) is 5.48. The van der Waals surface area contributed by atoms with E-state index in [-0.39, 0.29) is 11.8 Å². The molecule has 0 bridgehead atoms. The summed E-state index contributed by atoms with van der Waals surface area (Å²) in [5.41, 5.74) is 5.75. The van der Waals surface area contributed by atoms with Crippen LogP contribution in [0.2, 0.25) is 0 Å². The molecule has 232 valence electrons. The Bertz CT molecular complexity index is 1720. The Hall–Kier alpha value is -4.56. The van der Waals surface area contributed by atoms with E-state index in [0.717, 1.165) is 59.8 Å². The van der Waals surface area contributed by atoms with Gasteiger partial charge in [-0.15, -0.1) is 0 Å². The van der Waals surface area contributed by atoms with E-state index in [1.165, 1.54) is 25.9 Å². The minimum Gasteiger partial charge on any atom is -0.496 e.